The molecule has 8 heteroatoms. The number of para-hydroxylation sites is 1. The van der Waals surface area contributed by atoms with E-state index in [9.17, 15) is 8.78 Å². The Morgan fingerprint density at radius 3 is 2.11 bits per heavy atom. The van der Waals surface area contributed by atoms with Crippen LogP contribution in [-0.2, 0) is 12.2 Å². The smallest absolute Gasteiger partial charge is 0.207 e. The average molecular weight is 517 g/mol. The second-order valence-electron chi connectivity index (χ2n) is 8.56. The van der Waals surface area contributed by atoms with Crippen molar-refractivity contribution in [2.75, 3.05) is 0 Å². The van der Waals surface area contributed by atoms with Gasteiger partial charge in [-0.15, -0.1) is 5.10 Å². The number of halogens is 3. The van der Waals surface area contributed by atoms with Gasteiger partial charge in [-0.05, 0) is 69.4 Å². The van der Waals surface area contributed by atoms with Crippen LogP contribution in [0.1, 0.15) is 24.5 Å². The van der Waals surface area contributed by atoms with Crippen molar-refractivity contribution in [3.05, 3.63) is 114 Å². The lowest BCUT2D eigenvalue weighted by Crippen LogP contribution is -2.00. The number of hydrogen-bond donors (Lipinski definition) is 0. The number of hydrogen-bond acceptors (Lipinski definition) is 4. The van der Waals surface area contributed by atoms with E-state index in [4.69, 9.17) is 0 Å². The second kappa shape index (κ2) is 11.0. The summed E-state index contributed by atoms with van der Waals surface area (Å²) in [5.74, 6) is -2.08. The van der Waals surface area contributed by atoms with Crippen LogP contribution >= 0.6 is 11.8 Å². The normalized spacial score (nSPS) is 11.1. The van der Waals surface area contributed by atoms with Crippen molar-refractivity contribution < 1.29 is 13.2 Å². The lowest BCUT2D eigenvalue weighted by Gasteiger charge is -2.11. The molecule has 5 aromatic rings. The fourth-order valence-electron chi connectivity index (χ4n) is 4.11. The Bertz CT molecular complexity index is 1500. The van der Waals surface area contributed by atoms with E-state index in [0.717, 1.165) is 48.0 Å². The zero-order valence-electron chi connectivity index (χ0n) is 20.0. The van der Waals surface area contributed by atoms with Crippen molar-refractivity contribution in [2.45, 2.75) is 30.7 Å². The van der Waals surface area contributed by atoms with Crippen LogP contribution in [0.2, 0.25) is 0 Å². The molecule has 0 unspecified atom stereocenters. The summed E-state index contributed by atoms with van der Waals surface area (Å²) in [4.78, 5) is 0. The number of benzene rings is 4. The predicted molar refractivity (Wildman–Crippen MR) is 140 cm³/mol. The van der Waals surface area contributed by atoms with Gasteiger partial charge in [-0.25, -0.2) is 13.2 Å². The van der Waals surface area contributed by atoms with Gasteiger partial charge in [0.1, 0.15) is 17.5 Å². The third-order valence-electron chi connectivity index (χ3n) is 6.03. The van der Waals surface area contributed by atoms with Crippen molar-refractivity contribution >= 4 is 11.8 Å². The van der Waals surface area contributed by atoms with Crippen LogP contribution < -0.4 is 0 Å². The Kier molecular flexibility index (Phi) is 7.37. The second-order valence-corrected chi connectivity index (χ2v) is 9.50. The molecule has 0 bridgehead atoms. The lowest BCUT2D eigenvalue weighted by molar-refractivity contribution is 0.566. The summed E-state index contributed by atoms with van der Waals surface area (Å²) in [7, 11) is 0. The zero-order chi connectivity index (χ0) is 25.8. The van der Waals surface area contributed by atoms with Crippen molar-refractivity contribution in [1.29, 1.82) is 0 Å². The molecule has 0 N–H and O–H groups in total. The third kappa shape index (κ3) is 5.44. The molecule has 0 radical (unpaired) electrons. The molecule has 0 saturated heterocycles. The van der Waals surface area contributed by atoms with Crippen LogP contribution in [0.25, 0.3) is 27.9 Å². The molecule has 0 amide bonds. The number of aromatic nitrogens is 4. The third-order valence-corrected chi connectivity index (χ3v) is 6.98. The first-order valence-corrected chi connectivity index (χ1v) is 12.9. The quantitative estimate of drug-likeness (QED) is 0.199. The summed E-state index contributed by atoms with van der Waals surface area (Å²) in [6.45, 7) is 2.12. The topological polar surface area (TPSA) is 43.6 Å². The molecule has 5 rings (SSSR count). The van der Waals surface area contributed by atoms with E-state index < -0.39 is 17.5 Å². The Morgan fingerprint density at radius 1 is 0.757 bits per heavy atom. The minimum atomic E-state index is -0.753. The number of tetrazole rings is 1. The van der Waals surface area contributed by atoms with Crippen LogP contribution in [0.3, 0.4) is 0 Å². The predicted octanol–water partition coefficient (Wildman–Crippen LogP) is 7.66. The Hall–Kier alpha value is -3.91. The summed E-state index contributed by atoms with van der Waals surface area (Å²) in [6.07, 6.45) is 2.04. The van der Waals surface area contributed by atoms with Gasteiger partial charge in [-0.2, -0.15) is 4.68 Å². The summed E-state index contributed by atoms with van der Waals surface area (Å²) < 4.78 is 46.5. The highest BCUT2D eigenvalue weighted by molar-refractivity contribution is 7.98. The molecule has 4 nitrogen and oxygen atoms in total. The Morgan fingerprint density at radius 2 is 1.43 bits per heavy atom. The van der Waals surface area contributed by atoms with Gasteiger partial charge in [-0.3, -0.25) is 0 Å². The van der Waals surface area contributed by atoms with E-state index in [1.807, 2.05) is 54.6 Å². The Balaban J connectivity index is 1.35. The van der Waals surface area contributed by atoms with Crippen molar-refractivity contribution in [3.63, 3.8) is 0 Å². The van der Waals surface area contributed by atoms with Crippen molar-refractivity contribution in [3.8, 4) is 27.9 Å². The summed E-state index contributed by atoms with van der Waals surface area (Å²) in [6, 6.07) is 24.2. The molecular formula is C29H23F3N4S. The molecule has 0 atom stereocenters. The van der Waals surface area contributed by atoms with Crippen molar-refractivity contribution in [2.24, 2.45) is 0 Å². The molecule has 1 aromatic heterocycles. The van der Waals surface area contributed by atoms with Crippen LogP contribution in [0, 0.1) is 17.5 Å². The maximum Gasteiger partial charge on any atom is 0.214 e. The number of aryl methyl sites for hydroxylation is 1. The van der Waals surface area contributed by atoms with Gasteiger partial charge < -0.3 is 0 Å². The highest BCUT2D eigenvalue weighted by Crippen LogP contribution is 2.32. The van der Waals surface area contributed by atoms with Gasteiger partial charge in [0.15, 0.2) is 0 Å². The van der Waals surface area contributed by atoms with Crippen molar-refractivity contribution in [1.82, 2.24) is 20.2 Å². The number of thioether (sulfide) groups is 1. The molecule has 1 heterocycles. The first-order chi connectivity index (χ1) is 18.0. The van der Waals surface area contributed by atoms with Crippen LogP contribution in [-0.4, -0.2) is 20.2 Å². The molecule has 0 aliphatic rings. The standard InChI is InChI=1S/C29H23F3N4S/c1-2-6-19-9-11-20(12-10-19)21-13-14-24(26(30)15-21)22-16-27(31)25(28(32)17-22)18-37-29-33-34-35-36(29)23-7-4-3-5-8-23/h3-5,7-17H,2,6,18H2,1H3. The fourth-order valence-corrected chi connectivity index (χ4v) is 5.02. The molecule has 0 saturated carbocycles. The molecule has 186 valence electrons. The molecular weight excluding hydrogens is 493 g/mol. The minimum absolute atomic E-state index is 0.0272. The van der Waals surface area contributed by atoms with Gasteiger partial charge in [0.25, 0.3) is 0 Å². The number of rotatable bonds is 8. The maximum atomic E-state index is 15.1. The van der Waals surface area contributed by atoms with Crippen LogP contribution in [0.15, 0.2) is 90.1 Å². The van der Waals surface area contributed by atoms with Gasteiger partial charge in [0.05, 0.1) is 5.69 Å². The largest absolute Gasteiger partial charge is 0.214 e. The van der Waals surface area contributed by atoms with E-state index in [1.165, 1.54) is 16.3 Å². The summed E-state index contributed by atoms with van der Waals surface area (Å²) in [5, 5.41) is 12.0. The first kappa shape index (κ1) is 24.8. The molecule has 0 aliphatic carbocycles. The highest BCUT2D eigenvalue weighted by atomic mass is 32.2. The number of nitrogens with zero attached hydrogens (tertiary/aromatic N) is 4. The SMILES string of the molecule is CCCc1ccc(-c2ccc(-c3cc(F)c(CSc4nnnn4-c4ccccc4)c(F)c3)c(F)c2)cc1. The van der Waals surface area contributed by atoms with Crippen LogP contribution in [0.5, 0.6) is 0 Å². The highest BCUT2D eigenvalue weighted by Gasteiger charge is 2.17. The molecule has 0 aliphatic heterocycles. The van der Waals surface area contributed by atoms with Gasteiger partial charge in [0, 0.05) is 16.9 Å². The fraction of sp³-hybridized carbons (Fsp3) is 0.138. The lowest BCUT2D eigenvalue weighted by atomic mass is 9.97. The van der Waals surface area contributed by atoms with E-state index in [2.05, 4.69) is 22.4 Å². The van der Waals surface area contributed by atoms with Gasteiger partial charge >= 0.3 is 0 Å². The minimum Gasteiger partial charge on any atom is -0.207 e. The van der Waals surface area contributed by atoms with E-state index in [1.54, 1.807) is 12.1 Å². The van der Waals surface area contributed by atoms with E-state index in [0.29, 0.717) is 10.7 Å². The monoisotopic (exact) mass is 516 g/mol. The van der Waals surface area contributed by atoms with E-state index in [-0.39, 0.29) is 22.4 Å². The van der Waals surface area contributed by atoms with Gasteiger partial charge in [-0.1, -0.05) is 79.7 Å². The maximum absolute atomic E-state index is 15.1. The first-order valence-electron chi connectivity index (χ1n) is 11.9. The van der Waals surface area contributed by atoms with Gasteiger partial charge in [0.2, 0.25) is 5.16 Å². The Labute approximate surface area is 217 Å². The summed E-state index contributed by atoms with van der Waals surface area (Å²) >= 11 is 1.11. The molecule has 4 aromatic carbocycles. The molecule has 37 heavy (non-hydrogen) atoms. The molecule has 0 fully saturated rings. The summed E-state index contributed by atoms with van der Waals surface area (Å²) in [5.41, 5.74) is 3.70. The van der Waals surface area contributed by atoms with Crippen LogP contribution in [0.4, 0.5) is 13.2 Å². The molecule has 0 spiro atoms. The average Bonchev–Trinajstić information content (AvgIpc) is 3.38. The van der Waals surface area contributed by atoms with E-state index >= 15 is 4.39 Å². The zero-order valence-corrected chi connectivity index (χ0v) is 20.9.